The molecule has 8 nitrogen and oxygen atoms in total. The van der Waals surface area contributed by atoms with Gasteiger partial charge in [0, 0.05) is 25.3 Å². The third kappa shape index (κ3) is 5.96. The molecule has 9 heteroatoms. The van der Waals surface area contributed by atoms with E-state index in [0.717, 1.165) is 17.6 Å². The molecule has 0 saturated heterocycles. The van der Waals surface area contributed by atoms with Gasteiger partial charge in [0.25, 0.3) is 10.0 Å². The monoisotopic (exact) mass is 372 g/mol. The fraction of sp³-hybridized carbons (Fsp3) is 0.562. The minimum atomic E-state index is -3.69. The van der Waals surface area contributed by atoms with Crippen LogP contribution in [0.4, 0.5) is 10.5 Å². The molecule has 1 aromatic rings. The third-order valence-electron chi connectivity index (χ3n) is 4.00. The summed E-state index contributed by atoms with van der Waals surface area (Å²) in [7, 11) is -1.11. The van der Waals surface area contributed by atoms with Crippen LogP contribution in [0.25, 0.3) is 0 Å². The topological polar surface area (TPSA) is 91.0 Å². The van der Waals surface area contributed by atoms with Gasteiger partial charge in [-0.2, -0.15) is 0 Å². The lowest BCUT2D eigenvalue weighted by Gasteiger charge is -2.26. The molecule has 1 rings (SSSR count). The van der Waals surface area contributed by atoms with Gasteiger partial charge in [0.05, 0.1) is 12.0 Å². The number of amides is 2. The lowest BCUT2D eigenvalue weighted by atomic mass is 10.3. The maximum absolute atomic E-state index is 12.1. The number of sulfonamides is 1. The Morgan fingerprint density at radius 2 is 1.76 bits per heavy atom. The second-order valence-corrected chi connectivity index (χ2v) is 7.46. The van der Waals surface area contributed by atoms with Crippen LogP contribution in [-0.4, -0.2) is 63.7 Å². The zero-order chi connectivity index (χ0) is 19.0. The standard InChI is InChI=1S/C16H28N4O4S/c1-6-20(7-2)13(3)12-17-16(21)18-14-8-10-15(11-9-14)25(22,23)19(4)24-5/h8-11,13H,6-7,12H2,1-5H3,(H2,17,18,21). The summed E-state index contributed by atoms with van der Waals surface area (Å²) in [6.45, 7) is 8.59. The molecule has 0 aliphatic heterocycles. The predicted octanol–water partition coefficient (Wildman–Crippen LogP) is 1.72. The highest BCUT2D eigenvalue weighted by Gasteiger charge is 2.20. The molecule has 0 heterocycles. The summed E-state index contributed by atoms with van der Waals surface area (Å²) in [5.41, 5.74) is 0.506. The van der Waals surface area contributed by atoms with Gasteiger partial charge in [-0.05, 0) is 44.3 Å². The number of carbonyl (C=O) groups excluding carboxylic acids is 1. The molecule has 0 radical (unpaired) electrons. The number of hydrogen-bond donors (Lipinski definition) is 2. The molecule has 1 atom stereocenters. The first kappa shape index (κ1) is 21.4. The Morgan fingerprint density at radius 1 is 1.20 bits per heavy atom. The normalized spacial score (nSPS) is 13.1. The van der Waals surface area contributed by atoms with Crippen LogP contribution in [0.1, 0.15) is 20.8 Å². The number of rotatable bonds is 9. The highest BCUT2D eigenvalue weighted by atomic mass is 32.2. The lowest BCUT2D eigenvalue weighted by Crippen LogP contribution is -2.43. The number of anilines is 1. The summed E-state index contributed by atoms with van der Waals surface area (Å²) >= 11 is 0. The van der Waals surface area contributed by atoms with Crippen LogP contribution < -0.4 is 10.6 Å². The number of carbonyl (C=O) groups is 1. The second kappa shape index (κ2) is 9.71. The average molecular weight is 372 g/mol. The molecule has 2 N–H and O–H groups in total. The molecule has 0 saturated carbocycles. The number of hydroxylamine groups is 1. The van der Waals surface area contributed by atoms with Crippen molar-refractivity contribution in [1.82, 2.24) is 14.7 Å². The van der Waals surface area contributed by atoms with Gasteiger partial charge >= 0.3 is 6.03 Å². The van der Waals surface area contributed by atoms with Crippen LogP contribution >= 0.6 is 0 Å². The summed E-state index contributed by atoms with van der Waals surface area (Å²) in [6.07, 6.45) is 0. The van der Waals surface area contributed by atoms with Gasteiger partial charge in [0.2, 0.25) is 0 Å². The smallest absolute Gasteiger partial charge is 0.319 e. The first-order valence-electron chi connectivity index (χ1n) is 8.18. The van der Waals surface area contributed by atoms with Crippen molar-refractivity contribution in [2.75, 3.05) is 39.1 Å². The zero-order valence-corrected chi connectivity index (χ0v) is 16.3. The Hall–Kier alpha value is -1.68. The van der Waals surface area contributed by atoms with E-state index in [1.54, 1.807) is 0 Å². The van der Waals surface area contributed by atoms with Crippen LogP contribution in [0.2, 0.25) is 0 Å². The molecule has 0 fully saturated rings. The molecule has 25 heavy (non-hydrogen) atoms. The average Bonchev–Trinajstić information content (AvgIpc) is 2.60. The molecule has 0 spiro atoms. The molecule has 142 valence electrons. The maximum Gasteiger partial charge on any atom is 0.319 e. The number of nitrogens with zero attached hydrogens (tertiary/aromatic N) is 2. The van der Waals surface area contributed by atoms with Crippen molar-refractivity contribution in [2.45, 2.75) is 31.7 Å². The van der Waals surface area contributed by atoms with Crippen molar-refractivity contribution in [3.05, 3.63) is 24.3 Å². The fourth-order valence-corrected chi connectivity index (χ4v) is 3.32. The van der Waals surface area contributed by atoms with Crippen LogP contribution in [0.5, 0.6) is 0 Å². The number of benzene rings is 1. The molecule has 1 aromatic carbocycles. The number of likely N-dealkylation sites (N-methyl/N-ethyl adjacent to an activating group) is 1. The van der Waals surface area contributed by atoms with Crippen LogP contribution in [0, 0.1) is 0 Å². The Labute approximate surface area is 150 Å². The van der Waals surface area contributed by atoms with Gasteiger partial charge in [-0.1, -0.05) is 18.3 Å². The Bertz CT molecular complexity index is 645. The van der Waals surface area contributed by atoms with Gasteiger partial charge in [0.15, 0.2) is 0 Å². The van der Waals surface area contributed by atoms with Crippen LogP contribution in [-0.2, 0) is 14.9 Å². The minimum absolute atomic E-state index is 0.0814. The summed E-state index contributed by atoms with van der Waals surface area (Å²) < 4.78 is 25.0. The van der Waals surface area contributed by atoms with Gasteiger partial charge in [-0.3, -0.25) is 9.74 Å². The Morgan fingerprint density at radius 3 is 2.24 bits per heavy atom. The van der Waals surface area contributed by atoms with Crippen molar-refractivity contribution in [1.29, 1.82) is 0 Å². The van der Waals surface area contributed by atoms with Crippen LogP contribution in [0.3, 0.4) is 0 Å². The van der Waals surface area contributed by atoms with E-state index in [-0.39, 0.29) is 17.0 Å². The third-order valence-corrected chi connectivity index (χ3v) is 5.69. The summed E-state index contributed by atoms with van der Waals surface area (Å²) in [4.78, 5) is 19.0. The molecule has 0 aromatic heterocycles. The van der Waals surface area contributed by atoms with E-state index in [9.17, 15) is 13.2 Å². The molecule has 0 bridgehead atoms. The zero-order valence-electron chi connectivity index (χ0n) is 15.4. The Balaban J connectivity index is 2.62. The molecular formula is C16H28N4O4S. The van der Waals surface area contributed by atoms with Crippen LogP contribution in [0.15, 0.2) is 29.2 Å². The molecule has 0 aliphatic carbocycles. The quantitative estimate of drug-likeness (QED) is 0.644. The maximum atomic E-state index is 12.1. The Kier molecular flexibility index (Phi) is 8.30. The number of hydrogen-bond acceptors (Lipinski definition) is 5. The molecule has 0 aliphatic rings. The predicted molar refractivity (Wildman–Crippen MR) is 97.8 cm³/mol. The van der Waals surface area contributed by atoms with Gasteiger partial charge < -0.3 is 10.6 Å². The first-order valence-corrected chi connectivity index (χ1v) is 9.62. The minimum Gasteiger partial charge on any atom is -0.336 e. The van der Waals surface area contributed by atoms with Crippen molar-refractivity contribution < 1.29 is 18.0 Å². The highest BCUT2D eigenvalue weighted by Crippen LogP contribution is 2.17. The first-order chi connectivity index (χ1) is 11.8. The largest absolute Gasteiger partial charge is 0.336 e. The SMILES string of the molecule is CCN(CC)C(C)CNC(=O)Nc1ccc(S(=O)(=O)N(C)OC)cc1. The lowest BCUT2D eigenvalue weighted by molar-refractivity contribution is -0.0258. The van der Waals surface area contributed by atoms with E-state index in [2.05, 4.69) is 36.3 Å². The number of urea groups is 1. The van der Waals surface area contributed by atoms with Crippen molar-refractivity contribution in [3.8, 4) is 0 Å². The number of nitrogens with one attached hydrogen (secondary N) is 2. The van der Waals surface area contributed by atoms with Crippen molar-refractivity contribution in [3.63, 3.8) is 0 Å². The van der Waals surface area contributed by atoms with Crippen molar-refractivity contribution in [2.24, 2.45) is 0 Å². The second-order valence-electron chi connectivity index (χ2n) is 5.53. The van der Waals surface area contributed by atoms with Crippen molar-refractivity contribution >= 4 is 21.7 Å². The van der Waals surface area contributed by atoms with E-state index in [1.165, 1.54) is 38.4 Å². The van der Waals surface area contributed by atoms with E-state index >= 15 is 0 Å². The molecule has 2 amide bonds. The van der Waals surface area contributed by atoms with E-state index < -0.39 is 10.0 Å². The fourth-order valence-electron chi connectivity index (χ4n) is 2.35. The van der Waals surface area contributed by atoms with E-state index in [0.29, 0.717) is 12.2 Å². The summed E-state index contributed by atoms with van der Waals surface area (Å²) in [6, 6.07) is 5.80. The van der Waals surface area contributed by atoms with Gasteiger partial charge in [-0.15, -0.1) is 0 Å². The van der Waals surface area contributed by atoms with E-state index in [1.807, 2.05) is 0 Å². The van der Waals surface area contributed by atoms with Gasteiger partial charge in [0.1, 0.15) is 0 Å². The summed E-state index contributed by atoms with van der Waals surface area (Å²) in [5.74, 6) is 0. The summed E-state index contributed by atoms with van der Waals surface area (Å²) in [5, 5.41) is 5.50. The van der Waals surface area contributed by atoms with Gasteiger partial charge in [-0.25, -0.2) is 13.2 Å². The van der Waals surface area contributed by atoms with E-state index in [4.69, 9.17) is 4.84 Å². The molecule has 1 unspecified atom stereocenters. The highest BCUT2D eigenvalue weighted by molar-refractivity contribution is 7.89. The molecular weight excluding hydrogens is 344 g/mol.